The number of carbonyl (C=O) groups is 1. The summed E-state index contributed by atoms with van der Waals surface area (Å²) in [7, 11) is 0. The van der Waals surface area contributed by atoms with E-state index in [4.69, 9.17) is 14.5 Å². The summed E-state index contributed by atoms with van der Waals surface area (Å²) in [5, 5.41) is 0. The lowest BCUT2D eigenvalue weighted by Gasteiger charge is -2.38. The number of fused-ring (bicyclic) bond motifs is 1. The van der Waals surface area contributed by atoms with E-state index in [9.17, 15) is 9.59 Å². The molecular formula is C23H34N4O4. The quantitative estimate of drug-likeness (QED) is 0.724. The molecule has 5 rings (SSSR count). The van der Waals surface area contributed by atoms with Gasteiger partial charge in [0, 0.05) is 64.0 Å². The summed E-state index contributed by atoms with van der Waals surface area (Å²) in [5.41, 5.74) is 1.03. The number of hydrogen-bond donors (Lipinski definition) is 0. The van der Waals surface area contributed by atoms with Crippen LogP contribution < -0.4 is 5.56 Å². The molecule has 0 atom stereocenters. The van der Waals surface area contributed by atoms with Gasteiger partial charge in [0.05, 0.1) is 25.5 Å². The summed E-state index contributed by atoms with van der Waals surface area (Å²) in [6.45, 7) is 5.79. The lowest BCUT2D eigenvalue weighted by atomic mass is 9.93. The van der Waals surface area contributed by atoms with Crippen molar-refractivity contribution in [1.29, 1.82) is 0 Å². The Balaban J connectivity index is 1.14. The molecule has 4 aliphatic heterocycles. The minimum atomic E-state index is -0.391. The number of piperidine rings is 2. The van der Waals surface area contributed by atoms with E-state index in [1.165, 1.54) is 0 Å². The predicted octanol–water partition coefficient (Wildman–Crippen LogP) is 1.51. The predicted molar refractivity (Wildman–Crippen MR) is 115 cm³/mol. The van der Waals surface area contributed by atoms with Gasteiger partial charge in [0.2, 0.25) is 5.91 Å². The van der Waals surface area contributed by atoms with Gasteiger partial charge in [-0.1, -0.05) is 6.42 Å². The summed E-state index contributed by atoms with van der Waals surface area (Å²) >= 11 is 0. The number of aromatic nitrogens is 2. The first-order chi connectivity index (χ1) is 15.1. The van der Waals surface area contributed by atoms with Crippen LogP contribution in [0.1, 0.15) is 62.4 Å². The van der Waals surface area contributed by atoms with E-state index in [2.05, 4.69) is 4.90 Å². The van der Waals surface area contributed by atoms with Crippen LogP contribution in [0.3, 0.4) is 0 Å². The Morgan fingerprint density at radius 2 is 1.77 bits per heavy atom. The highest BCUT2D eigenvalue weighted by molar-refractivity contribution is 5.78. The van der Waals surface area contributed by atoms with Crippen molar-refractivity contribution in [3.8, 4) is 0 Å². The standard InChI is InChI=1S/C23H34N4O4/c28-21-16-19(24-20-4-2-1-3-9-27(20)21)18-5-10-26(11-6-18)22(29)17-25-12-7-23(8-13-25)30-14-15-31-23/h16,18H,1-15,17H2. The molecule has 170 valence electrons. The van der Waals surface area contributed by atoms with E-state index in [-0.39, 0.29) is 17.4 Å². The third kappa shape index (κ3) is 4.56. The van der Waals surface area contributed by atoms with Gasteiger partial charge in [-0.3, -0.25) is 19.1 Å². The van der Waals surface area contributed by atoms with Gasteiger partial charge in [-0.15, -0.1) is 0 Å². The minimum absolute atomic E-state index is 0.0958. The third-order valence-electron chi connectivity index (χ3n) is 7.45. The number of nitrogens with zero attached hydrogens (tertiary/aromatic N) is 4. The Labute approximate surface area is 183 Å². The van der Waals surface area contributed by atoms with Crippen LogP contribution in [0.15, 0.2) is 10.9 Å². The monoisotopic (exact) mass is 430 g/mol. The molecule has 1 aromatic heterocycles. The van der Waals surface area contributed by atoms with Crippen LogP contribution in [0, 0.1) is 0 Å². The average Bonchev–Trinajstić information content (AvgIpc) is 3.10. The maximum absolute atomic E-state index is 12.9. The summed E-state index contributed by atoms with van der Waals surface area (Å²) in [6.07, 6.45) is 7.66. The van der Waals surface area contributed by atoms with Gasteiger partial charge in [-0.05, 0) is 25.7 Å². The van der Waals surface area contributed by atoms with Gasteiger partial charge < -0.3 is 14.4 Å². The molecular weight excluding hydrogens is 396 g/mol. The molecule has 1 spiro atoms. The summed E-state index contributed by atoms with van der Waals surface area (Å²) in [4.78, 5) is 34.6. The zero-order valence-corrected chi connectivity index (χ0v) is 18.4. The highest BCUT2D eigenvalue weighted by Gasteiger charge is 2.40. The highest BCUT2D eigenvalue weighted by atomic mass is 16.7. The lowest BCUT2D eigenvalue weighted by Crippen LogP contribution is -2.49. The van der Waals surface area contributed by atoms with E-state index < -0.39 is 5.79 Å². The number of hydrogen-bond acceptors (Lipinski definition) is 6. The Hall–Kier alpha value is -1.77. The minimum Gasteiger partial charge on any atom is -0.347 e. The highest BCUT2D eigenvalue weighted by Crippen LogP contribution is 2.31. The second-order valence-corrected chi connectivity index (χ2v) is 9.44. The normalized spacial score (nSPS) is 24.8. The van der Waals surface area contributed by atoms with Gasteiger partial charge in [0.15, 0.2) is 5.79 Å². The van der Waals surface area contributed by atoms with Crippen molar-refractivity contribution in [2.75, 3.05) is 45.9 Å². The van der Waals surface area contributed by atoms with Crippen LogP contribution in [0.2, 0.25) is 0 Å². The maximum atomic E-state index is 12.9. The Morgan fingerprint density at radius 1 is 1.03 bits per heavy atom. The molecule has 8 heteroatoms. The fraction of sp³-hybridized carbons (Fsp3) is 0.783. The Bertz CT molecular complexity index is 846. The van der Waals surface area contributed by atoms with Gasteiger partial charge in [-0.2, -0.15) is 0 Å². The molecule has 31 heavy (non-hydrogen) atoms. The fourth-order valence-corrected chi connectivity index (χ4v) is 5.50. The van der Waals surface area contributed by atoms with Gasteiger partial charge in [0.1, 0.15) is 5.82 Å². The summed E-state index contributed by atoms with van der Waals surface area (Å²) in [5.74, 6) is 1.05. The topological polar surface area (TPSA) is 76.9 Å². The van der Waals surface area contributed by atoms with E-state index in [1.54, 1.807) is 6.07 Å². The first-order valence-electron chi connectivity index (χ1n) is 12.0. The second kappa shape index (κ2) is 9.00. The van der Waals surface area contributed by atoms with Crippen LogP contribution in [-0.4, -0.2) is 77.0 Å². The summed E-state index contributed by atoms with van der Waals surface area (Å²) < 4.78 is 13.4. The zero-order valence-electron chi connectivity index (χ0n) is 18.4. The van der Waals surface area contributed by atoms with Gasteiger partial charge in [0.25, 0.3) is 5.56 Å². The van der Waals surface area contributed by atoms with Crippen molar-refractivity contribution < 1.29 is 14.3 Å². The molecule has 5 heterocycles. The van der Waals surface area contributed by atoms with Crippen molar-refractivity contribution in [3.05, 3.63) is 27.9 Å². The number of carbonyl (C=O) groups excluding carboxylic acids is 1. The van der Waals surface area contributed by atoms with Crippen molar-refractivity contribution in [2.24, 2.45) is 0 Å². The molecule has 0 saturated carbocycles. The molecule has 0 aromatic carbocycles. The molecule has 3 saturated heterocycles. The number of amides is 1. The van der Waals surface area contributed by atoms with Crippen LogP contribution in [0.5, 0.6) is 0 Å². The van der Waals surface area contributed by atoms with Crippen LogP contribution >= 0.6 is 0 Å². The first kappa shape index (κ1) is 21.1. The van der Waals surface area contributed by atoms with Crippen LogP contribution in [0.25, 0.3) is 0 Å². The van der Waals surface area contributed by atoms with Gasteiger partial charge in [-0.25, -0.2) is 4.98 Å². The van der Waals surface area contributed by atoms with Crippen molar-refractivity contribution in [2.45, 2.75) is 69.6 Å². The average molecular weight is 431 g/mol. The second-order valence-electron chi connectivity index (χ2n) is 9.44. The number of rotatable bonds is 3. The molecule has 1 aromatic rings. The molecule has 0 radical (unpaired) electrons. The number of ether oxygens (including phenoxy) is 2. The van der Waals surface area contributed by atoms with Crippen molar-refractivity contribution in [3.63, 3.8) is 0 Å². The molecule has 0 bridgehead atoms. The van der Waals surface area contributed by atoms with E-state index in [0.29, 0.717) is 19.8 Å². The lowest BCUT2D eigenvalue weighted by molar-refractivity contribution is -0.186. The molecule has 4 aliphatic rings. The molecule has 0 aliphatic carbocycles. The van der Waals surface area contributed by atoms with Crippen LogP contribution in [0.4, 0.5) is 0 Å². The number of likely N-dealkylation sites (tertiary alicyclic amines) is 2. The third-order valence-corrected chi connectivity index (χ3v) is 7.45. The largest absolute Gasteiger partial charge is 0.347 e. The molecule has 3 fully saturated rings. The SMILES string of the molecule is O=C(CN1CCC2(CC1)OCCO2)N1CCC(c2cc(=O)n3c(n2)CCCCC3)CC1. The van der Waals surface area contributed by atoms with Crippen molar-refractivity contribution in [1.82, 2.24) is 19.4 Å². The number of aryl methyl sites for hydroxylation is 1. The smallest absolute Gasteiger partial charge is 0.253 e. The zero-order chi connectivity index (χ0) is 21.3. The van der Waals surface area contributed by atoms with Crippen LogP contribution in [-0.2, 0) is 27.2 Å². The Kier molecular flexibility index (Phi) is 6.12. The summed E-state index contributed by atoms with van der Waals surface area (Å²) in [6, 6.07) is 1.74. The van der Waals surface area contributed by atoms with E-state index in [1.807, 2.05) is 9.47 Å². The molecule has 0 unspecified atom stereocenters. The fourth-order valence-electron chi connectivity index (χ4n) is 5.50. The van der Waals surface area contributed by atoms with Gasteiger partial charge >= 0.3 is 0 Å². The molecule has 0 N–H and O–H groups in total. The van der Waals surface area contributed by atoms with E-state index in [0.717, 1.165) is 95.6 Å². The van der Waals surface area contributed by atoms with E-state index >= 15 is 0 Å². The molecule has 1 amide bonds. The van der Waals surface area contributed by atoms with Crippen molar-refractivity contribution >= 4 is 5.91 Å². The Morgan fingerprint density at radius 3 is 2.52 bits per heavy atom. The molecule has 8 nitrogen and oxygen atoms in total. The maximum Gasteiger partial charge on any atom is 0.253 e. The first-order valence-corrected chi connectivity index (χ1v) is 12.0.